The fourth-order valence-corrected chi connectivity index (χ4v) is 8.08. The summed E-state index contributed by atoms with van der Waals surface area (Å²) in [6.07, 6.45) is 6.16. The Hall–Kier alpha value is -0.460. The smallest absolute Gasteiger partial charge is 0.198 e. The summed E-state index contributed by atoms with van der Waals surface area (Å²) < 4.78 is 11.3. The largest absolute Gasteiger partial charge is 0.393 e. The van der Waals surface area contributed by atoms with Gasteiger partial charge in [0, 0.05) is 18.9 Å². The number of carbonyl (C=O) groups excluding carboxylic acids is 2. The van der Waals surface area contributed by atoms with Gasteiger partial charge < -0.3 is 14.6 Å². The van der Waals surface area contributed by atoms with Crippen molar-refractivity contribution >= 4 is 34.8 Å². The van der Waals surface area contributed by atoms with Crippen molar-refractivity contribution in [2.75, 3.05) is 13.9 Å². The molecule has 0 saturated heterocycles. The summed E-state index contributed by atoms with van der Waals surface area (Å²) in [6.45, 7) is 4.26. The third-order valence-corrected chi connectivity index (χ3v) is 9.43. The Morgan fingerprint density at radius 2 is 2.00 bits per heavy atom. The van der Waals surface area contributed by atoms with Gasteiger partial charge in [-0.15, -0.1) is 0 Å². The maximum atomic E-state index is 13.3. The van der Waals surface area contributed by atoms with Crippen molar-refractivity contribution in [3.8, 4) is 0 Å². The number of aliphatic hydroxyl groups excluding tert-OH is 1. The minimum Gasteiger partial charge on any atom is -0.393 e. The molecular weight excluding hydrogens is 427 g/mol. The number of carbonyl (C=O) groups is 2. The number of ketones is 2. The fraction of sp³-hybridized carbons (Fsp3) is 0.826. The highest BCUT2D eigenvalue weighted by molar-refractivity contribution is 6.54. The number of hydrogen-bond acceptors (Lipinski definition) is 5. The van der Waals surface area contributed by atoms with E-state index in [4.69, 9.17) is 32.7 Å². The number of methoxy groups -OCH3 is 1. The molecule has 0 aromatic heterocycles. The topological polar surface area (TPSA) is 72.8 Å². The number of aliphatic hydroxyl groups is 1. The second-order valence-corrected chi connectivity index (χ2v) is 11.3. The molecule has 3 fully saturated rings. The van der Waals surface area contributed by atoms with E-state index in [9.17, 15) is 14.7 Å². The zero-order valence-corrected chi connectivity index (χ0v) is 19.5. The lowest BCUT2D eigenvalue weighted by Crippen LogP contribution is -2.63. The Kier molecular flexibility index (Phi) is 5.94. The van der Waals surface area contributed by atoms with E-state index in [2.05, 4.69) is 13.8 Å². The molecule has 3 saturated carbocycles. The van der Waals surface area contributed by atoms with Crippen molar-refractivity contribution in [1.29, 1.82) is 0 Å². The number of ether oxygens (including phenoxy) is 2. The van der Waals surface area contributed by atoms with Crippen LogP contribution in [0, 0.1) is 28.6 Å². The van der Waals surface area contributed by atoms with E-state index in [1.54, 1.807) is 0 Å². The minimum absolute atomic E-state index is 0.0224. The SMILES string of the molecule is COCO[C@]1(C(=O)C(Cl)Cl)CC[C@H]2[C@@H]3CCC4=CC(=O)CC[C@]4(C)[C@H]3C(O)C[C@@]21C. The molecule has 4 aliphatic carbocycles. The molecule has 4 aliphatic rings. The third kappa shape index (κ3) is 3.07. The number of halogens is 2. The first-order chi connectivity index (χ1) is 14.1. The van der Waals surface area contributed by atoms with Crippen LogP contribution in [-0.2, 0) is 19.1 Å². The summed E-state index contributed by atoms with van der Waals surface area (Å²) in [6, 6.07) is 0. The first kappa shape index (κ1) is 22.7. The molecule has 0 radical (unpaired) electrons. The number of hydrogen-bond donors (Lipinski definition) is 1. The second kappa shape index (κ2) is 7.84. The van der Waals surface area contributed by atoms with Crippen molar-refractivity contribution in [3.05, 3.63) is 11.6 Å². The summed E-state index contributed by atoms with van der Waals surface area (Å²) in [4.78, 5) is 24.1. The molecule has 0 heterocycles. The maximum Gasteiger partial charge on any atom is 0.198 e. The Morgan fingerprint density at radius 1 is 1.27 bits per heavy atom. The first-order valence-electron chi connectivity index (χ1n) is 11.0. The Bertz CT molecular complexity index is 767. The molecule has 1 unspecified atom stereocenters. The van der Waals surface area contributed by atoms with E-state index >= 15 is 0 Å². The Morgan fingerprint density at radius 3 is 2.67 bits per heavy atom. The molecule has 0 aliphatic heterocycles. The lowest BCUT2D eigenvalue weighted by molar-refractivity contribution is -0.214. The van der Waals surface area contributed by atoms with Crippen molar-refractivity contribution in [1.82, 2.24) is 0 Å². The van der Waals surface area contributed by atoms with Gasteiger partial charge in [-0.2, -0.15) is 0 Å². The maximum absolute atomic E-state index is 13.3. The fourth-order valence-electron chi connectivity index (χ4n) is 7.72. The minimum atomic E-state index is -1.19. The molecule has 4 rings (SSSR count). The average molecular weight is 459 g/mol. The van der Waals surface area contributed by atoms with E-state index in [1.165, 1.54) is 12.7 Å². The lowest BCUT2D eigenvalue weighted by Gasteiger charge is -2.61. The van der Waals surface area contributed by atoms with Gasteiger partial charge in [0.05, 0.1) is 6.10 Å². The summed E-state index contributed by atoms with van der Waals surface area (Å²) in [5, 5.41) is 11.5. The van der Waals surface area contributed by atoms with Crippen LogP contribution in [0.1, 0.15) is 58.8 Å². The predicted octanol–water partition coefficient (Wildman–Crippen LogP) is 4.22. The molecular formula is C23H32Cl2O5. The monoisotopic (exact) mass is 458 g/mol. The second-order valence-electron chi connectivity index (χ2n) is 10.2. The van der Waals surface area contributed by atoms with Crippen LogP contribution in [0.25, 0.3) is 0 Å². The highest BCUT2D eigenvalue weighted by atomic mass is 35.5. The van der Waals surface area contributed by atoms with Gasteiger partial charge in [-0.1, -0.05) is 42.6 Å². The third-order valence-electron chi connectivity index (χ3n) is 9.04. The molecule has 1 N–H and O–H groups in total. The molecule has 5 nitrogen and oxygen atoms in total. The molecule has 0 spiro atoms. The van der Waals surface area contributed by atoms with Crippen LogP contribution in [0.5, 0.6) is 0 Å². The zero-order chi connectivity index (χ0) is 21.9. The van der Waals surface area contributed by atoms with Gasteiger partial charge in [0.1, 0.15) is 12.4 Å². The van der Waals surface area contributed by atoms with Crippen LogP contribution in [0.3, 0.4) is 0 Å². The van der Waals surface area contributed by atoms with Crippen LogP contribution < -0.4 is 0 Å². The predicted molar refractivity (Wildman–Crippen MR) is 114 cm³/mol. The normalized spacial score (nSPS) is 45.6. The van der Waals surface area contributed by atoms with Crippen molar-refractivity contribution in [3.63, 3.8) is 0 Å². The van der Waals surface area contributed by atoms with Crippen LogP contribution in [-0.4, -0.2) is 47.1 Å². The van der Waals surface area contributed by atoms with Gasteiger partial charge in [-0.3, -0.25) is 9.59 Å². The molecule has 7 heteroatoms. The summed E-state index contributed by atoms with van der Waals surface area (Å²) in [7, 11) is 1.53. The van der Waals surface area contributed by atoms with Crippen LogP contribution in [0.15, 0.2) is 11.6 Å². The zero-order valence-electron chi connectivity index (χ0n) is 18.0. The van der Waals surface area contributed by atoms with E-state index < -0.39 is 22.0 Å². The van der Waals surface area contributed by atoms with Gasteiger partial charge in [0.15, 0.2) is 16.4 Å². The summed E-state index contributed by atoms with van der Waals surface area (Å²) in [5.74, 6) is 0.433. The average Bonchev–Trinajstić information content (AvgIpc) is 2.98. The van der Waals surface area contributed by atoms with Gasteiger partial charge in [0.2, 0.25) is 0 Å². The molecule has 168 valence electrons. The number of rotatable bonds is 5. The van der Waals surface area contributed by atoms with Crippen molar-refractivity contribution < 1.29 is 24.2 Å². The van der Waals surface area contributed by atoms with Crippen LogP contribution in [0.2, 0.25) is 0 Å². The summed E-state index contributed by atoms with van der Waals surface area (Å²) >= 11 is 12.1. The van der Waals surface area contributed by atoms with Gasteiger partial charge in [-0.05, 0) is 67.8 Å². The quantitative estimate of drug-likeness (QED) is 0.492. The number of Topliss-reactive ketones (excluding diaryl/α,β-unsaturated/α-hetero) is 1. The Balaban J connectivity index is 1.74. The van der Waals surface area contributed by atoms with Crippen LogP contribution in [0.4, 0.5) is 0 Å². The van der Waals surface area contributed by atoms with Crippen LogP contribution >= 0.6 is 23.2 Å². The molecule has 0 aromatic carbocycles. The van der Waals surface area contributed by atoms with Crippen molar-refractivity contribution in [2.24, 2.45) is 28.6 Å². The van der Waals surface area contributed by atoms with Gasteiger partial charge in [-0.25, -0.2) is 0 Å². The number of alkyl halides is 2. The molecule has 30 heavy (non-hydrogen) atoms. The van der Waals surface area contributed by atoms with E-state index in [0.717, 1.165) is 25.7 Å². The molecule has 0 aromatic rings. The highest BCUT2D eigenvalue weighted by Crippen LogP contribution is 2.68. The van der Waals surface area contributed by atoms with E-state index in [0.29, 0.717) is 19.3 Å². The van der Waals surface area contributed by atoms with E-state index in [-0.39, 0.29) is 41.5 Å². The molecule has 0 bridgehead atoms. The van der Waals surface area contributed by atoms with E-state index in [1.807, 2.05) is 6.08 Å². The van der Waals surface area contributed by atoms with Gasteiger partial charge in [0.25, 0.3) is 0 Å². The van der Waals surface area contributed by atoms with Gasteiger partial charge >= 0.3 is 0 Å². The number of fused-ring (bicyclic) bond motifs is 5. The first-order valence-corrected chi connectivity index (χ1v) is 11.9. The lowest BCUT2D eigenvalue weighted by atomic mass is 9.45. The molecule has 7 atom stereocenters. The highest BCUT2D eigenvalue weighted by Gasteiger charge is 2.69. The summed E-state index contributed by atoms with van der Waals surface area (Å²) in [5.41, 5.74) is -0.706. The molecule has 0 amide bonds. The number of allylic oxidation sites excluding steroid dienone is 1. The van der Waals surface area contributed by atoms with Crippen molar-refractivity contribution in [2.45, 2.75) is 75.3 Å². The Labute approximate surface area is 188 Å². The standard InChI is InChI=1S/C23H32Cl2O5/c1-21-8-6-14(26)10-13(21)4-5-15-16-7-9-23(30-12-29-3,19(28)20(24)25)22(16,2)11-17(27)18(15)21/h10,15-18,20,27H,4-9,11-12H2,1-3H3/t15-,16-,17?,18+,21-,22-,23-/m0/s1.